The highest BCUT2D eigenvalue weighted by atomic mass is 16.5. The Morgan fingerprint density at radius 3 is 2.88 bits per heavy atom. The number of hydrogen-bond donors (Lipinski definition) is 1. The lowest BCUT2D eigenvalue weighted by atomic mass is 9.46. The van der Waals surface area contributed by atoms with E-state index in [9.17, 15) is 14.7 Å². The molecule has 2 aliphatic carbocycles. The lowest BCUT2D eigenvalue weighted by molar-refractivity contribution is -0.147. The Labute approximate surface area is 147 Å². The van der Waals surface area contributed by atoms with Crippen LogP contribution in [0.3, 0.4) is 0 Å². The number of Topliss-reactive ketones (excluding diaryl/α,β-unsaturated/α-hetero) is 1. The highest BCUT2D eigenvalue weighted by Crippen LogP contribution is 2.62. The van der Waals surface area contributed by atoms with Crippen molar-refractivity contribution in [1.29, 1.82) is 0 Å². The summed E-state index contributed by atoms with van der Waals surface area (Å²) in [5.41, 5.74) is 0.754. The maximum absolute atomic E-state index is 12.9. The quantitative estimate of drug-likeness (QED) is 0.853. The number of carbonyl (C=O) groups excluding carboxylic acids is 2. The number of cyclic esters (lactones) is 1. The van der Waals surface area contributed by atoms with Gasteiger partial charge in [-0.2, -0.15) is 0 Å². The molecule has 5 atom stereocenters. The zero-order valence-electron chi connectivity index (χ0n) is 14.7. The zero-order chi connectivity index (χ0) is 17.8. The summed E-state index contributed by atoms with van der Waals surface area (Å²) in [6, 6.07) is 1.94. The average Bonchev–Trinajstić information content (AvgIpc) is 3.20. The number of hydrogen-bond acceptors (Lipinski definition) is 5. The van der Waals surface area contributed by atoms with Gasteiger partial charge in [0.25, 0.3) is 0 Å². The van der Waals surface area contributed by atoms with Gasteiger partial charge in [0.05, 0.1) is 18.6 Å². The van der Waals surface area contributed by atoms with Crippen molar-refractivity contribution in [2.75, 3.05) is 6.61 Å². The van der Waals surface area contributed by atoms with Gasteiger partial charge >= 0.3 is 5.97 Å². The highest BCUT2D eigenvalue weighted by Gasteiger charge is 2.64. The van der Waals surface area contributed by atoms with Gasteiger partial charge in [-0.1, -0.05) is 13.8 Å². The summed E-state index contributed by atoms with van der Waals surface area (Å²) in [6.07, 6.45) is 6.87. The Hall–Kier alpha value is -1.88. The molecule has 5 heteroatoms. The van der Waals surface area contributed by atoms with E-state index >= 15 is 0 Å². The van der Waals surface area contributed by atoms with Crippen LogP contribution in [0.1, 0.15) is 38.7 Å². The fourth-order valence-electron chi connectivity index (χ4n) is 5.35. The first kappa shape index (κ1) is 16.6. The van der Waals surface area contributed by atoms with Crippen molar-refractivity contribution in [2.24, 2.45) is 22.7 Å². The van der Waals surface area contributed by atoms with Crippen LogP contribution in [0.4, 0.5) is 0 Å². The van der Waals surface area contributed by atoms with E-state index in [0.29, 0.717) is 18.4 Å². The smallest absolute Gasteiger partial charge is 0.334 e. The molecule has 1 saturated carbocycles. The van der Waals surface area contributed by atoms with Crippen molar-refractivity contribution in [3.8, 4) is 0 Å². The van der Waals surface area contributed by atoms with Gasteiger partial charge in [-0.3, -0.25) is 4.79 Å². The van der Waals surface area contributed by atoms with Crippen molar-refractivity contribution in [2.45, 2.75) is 45.6 Å². The van der Waals surface area contributed by atoms with Gasteiger partial charge < -0.3 is 14.3 Å². The van der Waals surface area contributed by atoms with E-state index in [1.54, 1.807) is 18.6 Å². The van der Waals surface area contributed by atoms with Gasteiger partial charge in [0.15, 0.2) is 0 Å². The van der Waals surface area contributed by atoms with Gasteiger partial charge in [0.2, 0.25) is 0 Å². The SMILES string of the molecule is C[C@@H]1C(=O)C[C@@]23COC(=O)C2=C[C@@H](O)C[C@@H]3[C@@]1(C)CCc1ccoc1. The minimum atomic E-state index is -0.660. The minimum Gasteiger partial charge on any atom is -0.472 e. The number of aliphatic hydroxyl groups excluding tert-OH is 1. The first-order chi connectivity index (χ1) is 11.9. The number of aryl methyl sites for hydroxylation is 1. The number of ether oxygens (including phenoxy) is 1. The van der Waals surface area contributed by atoms with Crippen LogP contribution >= 0.6 is 0 Å². The van der Waals surface area contributed by atoms with Gasteiger partial charge in [0, 0.05) is 23.3 Å². The van der Waals surface area contributed by atoms with E-state index in [-0.39, 0.29) is 35.6 Å². The third-order valence-corrected chi connectivity index (χ3v) is 7.01. The van der Waals surface area contributed by atoms with Gasteiger partial charge in [-0.05, 0) is 48.3 Å². The normalized spacial score (nSPS) is 40.3. The van der Waals surface area contributed by atoms with E-state index in [0.717, 1.165) is 18.4 Å². The number of ketones is 1. The van der Waals surface area contributed by atoms with Crippen LogP contribution in [-0.2, 0) is 20.7 Å². The molecule has 4 rings (SSSR count). The minimum absolute atomic E-state index is 0.0426. The molecule has 2 heterocycles. The lowest BCUT2D eigenvalue weighted by Crippen LogP contribution is -2.56. The third kappa shape index (κ3) is 2.32. The van der Waals surface area contributed by atoms with Gasteiger partial charge in [-0.25, -0.2) is 4.79 Å². The predicted molar refractivity (Wildman–Crippen MR) is 89.5 cm³/mol. The van der Waals surface area contributed by atoms with Crippen LogP contribution in [0.15, 0.2) is 34.7 Å². The first-order valence-corrected chi connectivity index (χ1v) is 8.98. The highest BCUT2D eigenvalue weighted by molar-refractivity contribution is 5.96. The van der Waals surface area contributed by atoms with Crippen molar-refractivity contribution in [1.82, 2.24) is 0 Å². The van der Waals surface area contributed by atoms with Crippen LogP contribution < -0.4 is 0 Å². The molecule has 1 aromatic heterocycles. The largest absolute Gasteiger partial charge is 0.472 e. The molecular formula is C20H24O5. The monoisotopic (exact) mass is 344 g/mol. The Balaban J connectivity index is 1.74. The van der Waals surface area contributed by atoms with Crippen LogP contribution in [-0.4, -0.2) is 29.6 Å². The number of rotatable bonds is 3. The molecule has 1 spiro atoms. The van der Waals surface area contributed by atoms with Gasteiger partial charge in [0.1, 0.15) is 12.4 Å². The second kappa shape index (κ2) is 5.56. The van der Waals surface area contributed by atoms with E-state index < -0.39 is 11.5 Å². The summed E-state index contributed by atoms with van der Waals surface area (Å²) in [5, 5.41) is 10.4. The summed E-state index contributed by atoms with van der Waals surface area (Å²) >= 11 is 0. The van der Waals surface area contributed by atoms with Crippen molar-refractivity contribution < 1.29 is 23.8 Å². The van der Waals surface area contributed by atoms with Crippen molar-refractivity contribution in [3.05, 3.63) is 35.8 Å². The molecule has 25 heavy (non-hydrogen) atoms. The topological polar surface area (TPSA) is 76.7 Å². The molecule has 1 saturated heterocycles. The summed E-state index contributed by atoms with van der Waals surface area (Å²) in [6.45, 7) is 4.39. The molecule has 134 valence electrons. The van der Waals surface area contributed by atoms with Crippen LogP contribution in [0.25, 0.3) is 0 Å². The second-order valence-corrected chi connectivity index (χ2v) is 8.17. The van der Waals surface area contributed by atoms with E-state index in [1.165, 1.54) is 0 Å². The summed E-state index contributed by atoms with van der Waals surface area (Å²) in [4.78, 5) is 25.1. The fourth-order valence-corrected chi connectivity index (χ4v) is 5.35. The van der Waals surface area contributed by atoms with Gasteiger partial charge in [-0.15, -0.1) is 0 Å². The molecule has 5 nitrogen and oxygen atoms in total. The molecule has 0 aromatic carbocycles. The molecule has 1 aliphatic heterocycles. The Morgan fingerprint density at radius 2 is 2.16 bits per heavy atom. The Morgan fingerprint density at radius 1 is 1.36 bits per heavy atom. The molecule has 1 aromatic rings. The standard InChI is InChI=1S/C20H24O5/c1-12-16(22)9-20-11-25-18(23)15(20)7-14(21)8-17(20)19(12,2)5-3-13-4-6-24-10-13/h4,6-7,10,12,14,17,21H,3,5,8-9,11H2,1-2H3/t12-,14-,17-,19+,20-/m1/s1. The van der Waals surface area contributed by atoms with Crippen molar-refractivity contribution >= 4 is 11.8 Å². The van der Waals surface area contributed by atoms with Crippen LogP contribution in [0, 0.1) is 22.7 Å². The summed E-state index contributed by atoms with van der Waals surface area (Å²) in [7, 11) is 0. The number of esters is 1. The van der Waals surface area contributed by atoms with E-state index in [4.69, 9.17) is 9.15 Å². The maximum Gasteiger partial charge on any atom is 0.334 e. The molecular weight excluding hydrogens is 320 g/mol. The average molecular weight is 344 g/mol. The Kier molecular flexibility index (Phi) is 3.69. The molecule has 2 fully saturated rings. The molecule has 0 radical (unpaired) electrons. The fraction of sp³-hybridized carbons (Fsp3) is 0.600. The summed E-state index contributed by atoms with van der Waals surface area (Å²) in [5.74, 6) is -0.256. The van der Waals surface area contributed by atoms with Crippen LogP contribution in [0.2, 0.25) is 0 Å². The summed E-state index contributed by atoms with van der Waals surface area (Å²) < 4.78 is 10.5. The lowest BCUT2D eigenvalue weighted by Gasteiger charge is -2.56. The third-order valence-electron chi connectivity index (χ3n) is 7.01. The molecule has 0 amide bonds. The zero-order valence-corrected chi connectivity index (χ0v) is 14.7. The van der Waals surface area contributed by atoms with E-state index in [2.05, 4.69) is 6.92 Å². The van der Waals surface area contributed by atoms with E-state index in [1.807, 2.05) is 13.0 Å². The molecule has 3 aliphatic rings. The second-order valence-electron chi connectivity index (χ2n) is 8.17. The number of carbonyl (C=O) groups is 2. The molecule has 0 bridgehead atoms. The first-order valence-electron chi connectivity index (χ1n) is 8.98. The molecule has 0 unspecified atom stereocenters. The predicted octanol–water partition coefficient (Wildman–Crippen LogP) is 2.68. The number of furan rings is 1. The Bertz CT molecular complexity index is 733. The number of aliphatic hydroxyl groups is 1. The molecule has 1 N–H and O–H groups in total. The maximum atomic E-state index is 12.9. The van der Waals surface area contributed by atoms with Crippen molar-refractivity contribution in [3.63, 3.8) is 0 Å². The van der Waals surface area contributed by atoms with Crippen LogP contribution in [0.5, 0.6) is 0 Å².